The minimum atomic E-state index is -1.32. The number of carbonyl (C=O) groups is 2. The maximum absolute atomic E-state index is 14.6. The Balaban J connectivity index is 1.29. The molecule has 3 N–H and O–H groups in total. The molecule has 2 amide bonds. The number of rotatable bonds is 10. The molecule has 5 rings (SSSR count). The van der Waals surface area contributed by atoms with Crippen molar-refractivity contribution in [2.45, 2.75) is 62.8 Å². The molecule has 40 heavy (non-hydrogen) atoms. The number of benzene rings is 3. The highest BCUT2D eigenvalue weighted by Gasteiger charge is 2.41. The molecule has 8 heteroatoms. The highest BCUT2D eigenvalue weighted by atomic mass is 19.1. The van der Waals surface area contributed by atoms with E-state index in [-0.39, 0.29) is 25.1 Å². The quantitative estimate of drug-likeness (QED) is 0.394. The van der Waals surface area contributed by atoms with Crippen LogP contribution < -0.4 is 5.73 Å². The number of halogens is 2. The molecule has 2 fully saturated rings. The van der Waals surface area contributed by atoms with Crippen molar-refractivity contribution in [3.8, 4) is 0 Å². The van der Waals surface area contributed by atoms with E-state index in [0.717, 1.165) is 36.8 Å². The zero-order chi connectivity index (χ0) is 28.2. The number of nitrogens with two attached hydrogens (primary N) is 1. The van der Waals surface area contributed by atoms with E-state index in [1.807, 2.05) is 48.5 Å². The van der Waals surface area contributed by atoms with Crippen LogP contribution in [0, 0.1) is 11.6 Å². The van der Waals surface area contributed by atoms with Crippen LogP contribution in [-0.4, -0.2) is 58.0 Å². The molecule has 0 spiro atoms. The second-order valence-corrected chi connectivity index (χ2v) is 10.9. The van der Waals surface area contributed by atoms with Crippen LogP contribution in [0.1, 0.15) is 58.6 Å². The summed E-state index contributed by atoms with van der Waals surface area (Å²) in [6.07, 6.45) is 2.71. The summed E-state index contributed by atoms with van der Waals surface area (Å²) in [4.78, 5) is 28.9. The molecule has 0 aliphatic carbocycles. The van der Waals surface area contributed by atoms with Crippen LogP contribution in [0.25, 0.3) is 0 Å². The Kier molecular flexibility index (Phi) is 8.57. The van der Waals surface area contributed by atoms with Gasteiger partial charge in [0.2, 0.25) is 5.91 Å². The van der Waals surface area contributed by atoms with Gasteiger partial charge >= 0.3 is 0 Å². The van der Waals surface area contributed by atoms with Crippen molar-refractivity contribution in [2.24, 2.45) is 5.73 Å². The lowest BCUT2D eigenvalue weighted by molar-refractivity contribution is -0.141. The zero-order valence-electron chi connectivity index (χ0n) is 22.4. The predicted octanol–water partition coefficient (Wildman–Crippen LogP) is 4.41. The van der Waals surface area contributed by atoms with Gasteiger partial charge in [0, 0.05) is 42.7 Å². The second-order valence-electron chi connectivity index (χ2n) is 10.9. The van der Waals surface area contributed by atoms with Crippen LogP contribution in [0.2, 0.25) is 0 Å². The van der Waals surface area contributed by atoms with Gasteiger partial charge in [-0.2, -0.15) is 0 Å². The van der Waals surface area contributed by atoms with Crippen molar-refractivity contribution < 1.29 is 23.5 Å². The predicted molar refractivity (Wildman–Crippen MR) is 148 cm³/mol. The fraction of sp³-hybridized carbons (Fsp3) is 0.375. The smallest absolute Gasteiger partial charge is 0.252 e. The standard InChI is InChI=1S/C32H35F2N3O3/c33-28-10-5-11-29(34)27(28)20-36(32(40)30(38)16-21-6-2-1-3-7-21)14-15-37-25-12-13-26(37)19-24(18-25)22-8-4-9-23(17-22)31(35)39/h1-11,17,24-26,30,38H,12-16,18-20H2,(H2,35,39)/t24?,25-,26+,30-/m0/s1. The van der Waals surface area contributed by atoms with Gasteiger partial charge in [0.15, 0.2) is 0 Å². The summed E-state index contributed by atoms with van der Waals surface area (Å²) < 4.78 is 29.1. The number of amides is 2. The van der Waals surface area contributed by atoms with E-state index in [4.69, 9.17) is 5.73 Å². The Morgan fingerprint density at radius 2 is 1.60 bits per heavy atom. The maximum Gasteiger partial charge on any atom is 0.252 e. The molecule has 0 saturated carbocycles. The van der Waals surface area contributed by atoms with Gasteiger partial charge in [0.1, 0.15) is 17.7 Å². The van der Waals surface area contributed by atoms with Gasteiger partial charge < -0.3 is 15.7 Å². The van der Waals surface area contributed by atoms with Gasteiger partial charge in [0.25, 0.3) is 5.91 Å². The molecule has 3 aromatic carbocycles. The SMILES string of the molecule is NC(=O)c1cccc(C2C[C@H]3CC[C@@H](C2)N3CCN(Cc2c(F)cccc2F)C(=O)[C@@H](O)Cc2ccccc2)c1. The first-order chi connectivity index (χ1) is 19.3. The van der Waals surface area contributed by atoms with Crippen molar-refractivity contribution in [1.82, 2.24) is 9.80 Å². The van der Waals surface area contributed by atoms with Crippen LogP contribution in [0.15, 0.2) is 72.8 Å². The number of hydrogen-bond acceptors (Lipinski definition) is 4. The molecule has 0 aromatic heterocycles. The Hall–Kier alpha value is -3.62. The summed E-state index contributed by atoms with van der Waals surface area (Å²) in [6.45, 7) is 0.533. The van der Waals surface area contributed by atoms with E-state index in [0.29, 0.717) is 30.1 Å². The van der Waals surface area contributed by atoms with E-state index in [2.05, 4.69) is 4.90 Å². The Labute approximate surface area is 233 Å². The second kappa shape index (κ2) is 12.3. The number of nitrogens with zero attached hydrogens (tertiary/aromatic N) is 2. The number of primary amides is 1. The van der Waals surface area contributed by atoms with Crippen LogP contribution in [-0.2, 0) is 17.8 Å². The molecule has 2 saturated heterocycles. The average Bonchev–Trinajstić information content (AvgIpc) is 3.18. The van der Waals surface area contributed by atoms with Crippen molar-refractivity contribution in [3.63, 3.8) is 0 Å². The molecule has 2 aliphatic rings. The van der Waals surface area contributed by atoms with Crippen molar-refractivity contribution >= 4 is 11.8 Å². The summed E-state index contributed by atoms with van der Waals surface area (Å²) in [5, 5.41) is 10.8. The fourth-order valence-corrected chi connectivity index (χ4v) is 6.37. The molecular weight excluding hydrogens is 512 g/mol. The first-order valence-electron chi connectivity index (χ1n) is 13.9. The van der Waals surface area contributed by atoms with Crippen LogP contribution in [0.3, 0.4) is 0 Å². The molecule has 2 aliphatic heterocycles. The van der Waals surface area contributed by atoms with E-state index >= 15 is 0 Å². The molecule has 210 valence electrons. The number of aliphatic hydroxyl groups is 1. The van der Waals surface area contributed by atoms with Gasteiger partial charge in [-0.3, -0.25) is 14.5 Å². The third kappa shape index (κ3) is 6.24. The molecule has 6 nitrogen and oxygen atoms in total. The van der Waals surface area contributed by atoms with Gasteiger partial charge in [-0.1, -0.05) is 48.5 Å². The summed E-state index contributed by atoms with van der Waals surface area (Å²) >= 11 is 0. The lowest BCUT2D eigenvalue weighted by atomic mass is 9.84. The van der Waals surface area contributed by atoms with E-state index in [1.54, 1.807) is 6.07 Å². The lowest BCUT2D eigenvalue weighted by Gasteiger charge is -2.40. The molecule has 2 bridgehead atoms. The molecule has 1 unspecified atom stereocenters. The van der Waals surface area contributed by atoms with Crippen molar-refractivity contribution in [3.05, 3.63) is 107 Å². The monoisotopic (exact) mass is 547 g/mol. The number of hydrogen-bond donors (Lipinski definition) is 2. The summed E-state index contributed by atoms with van der Waals surface area (Å²) in [5.41, 5.74) is 7.74. The van der Waals surface area contributed by atoms with Gasteiger partial charge in [-0.05, 0) is 67.0 Å². The Morgan fingerprint density at radius 1 is 0.950 bits per heavy atom. The minimum Gasteiger partial charge on any atom is -0.383 e. The Morgan fingerprint density at radius 3 is 2.25 bits per heavy atom. The first-order valence-corrected chi connectivity index (χ1v) is 13.9. The highest BCUT2D eigenvalue weighted by molar-refractivity contribution is 5.92. The molecule has 3 aromatic rings. The highest BCUT2D eigenvalue weighted by Crippen LogP contribution is 2.43. The number of piperidine rings is 1. The number of carbonyl (C=O) groups excluding carboxylic acids is 2. The third-order valence-electron chi connectivity index (χ3n) is 8.43. The fourth-order valence-electron chi connectivity index (χ4n) is 6.37. The Bertz CT molecular complexity index is 1320. The van der Waals surface area contributed by atoms with Crippen molar-refractivity contribution in [2.75, 3.05) is 13.1 Å². The van der Waals surface area contributed by atoms with Crippen LogP contribution >= 0.6 is 0 Å². The average molecular weight is 548 g/mol. The summed E-state index contributed by atoms with van der Waals surface area (Å²) in [6, 6.07) is 21.0. The van der Waals surface area contributed by atoms with Crippen LogP contribution in [0.4, 0.5) is 8.78 Å². The van der Waals surface area contributed by atoms with Gasteiger partial charge in [-0.15, -0.1) is 0 Å². The van der Waals surface area contributed by atoms with Crippen LogP contribution in [0.5, 0.6) is 0 Å². The van der Waals surface area contributed by atoms with E-state index in [9.17, 15) is 23.5 Å². The number of fused-ring (bicyclic) bond motifs is 2. The van der Waals surface area contributed by atoms with Gasteiger partial charge in [0.05, 0.1) is 6.54 Å². The lowest BCUT2D eigenvalue weighted by Crippen LogP contribution is -2.48. The first kappa shape index (κ1) is 27.9. The van der Waals surface area contributed by atoms with E-state index in [1.165, 1.54) is 23.1 Å². The zero-order valence-corrected chi connectivity index (χ0v) is 22.4. The number of aliphatic hydroxyl groups excluding tert-OH is 1. The molecule has 4 atom stereocenters. The molecule has 2 heterocycles. The third-order valence-corrected chi connectivity index (χ3v) is 8.43. The van der Waals surface area contributed by atoms with E-state index < -0.39 is 29.6 Å². The summed E-state index contributed by atoms with van der Waals surface area (Å²) in [5.74, 6) is -2.10. The summed E-state index contributed by atoms with van der Waals surface area (Å²) in [7, 11) is 0. The maximum atomic E-state index is 14.6. The topological polar surface area (TPSA) is 86.9 Å². The largest absolute Gasteiger partial charge is 0.383 e. The molecular formula is C32H35F2N3O3. The van der Waals surface area contributed by atoms with Gasteiger partial charge in [-0.25, -0.2) is 8.78 Å². The molecule has 0 radical (unpaired) electrons. The normalized spacial score (nSPS) is 21.2. The van der Waals surface area contributed by atoms with Crippen molar-refractivity contribution in [1.29, 1.82) is 0 Å². The minimum absolute atomic E-state index is 0.122.